The van der Waals surface area contributed by atoms with E-state index >= 15 is 0 Å². The Labute approximate surface area is 78.2 Å². The zero-order chi connectivity index (χ0) is 9.68. The molecule has 3 nitrogen and oxygen atoms in total. The fraction of sp³-hybridized carbons (Fsp3) is 0.300. The van der Waals surface area contributed by atoms with E-state index in [1.54, 1.807) is 0 Å². The second-order valence-electron chi connectivity index (χ2n) is 2.91. The highest BCUT2D eigenvalue weighted by atomic mass is 14.9. The molecule has 0 heterocycles. The van der Waals surface area contributed by atoms with Gasteiger partial charge in [-0.3, -0.25) is 0 Å². The highest BCUT2D eigenvalue weighted by molar-refractivity contribution is 5.59. The van der Waals surface area contributed by atoms with Crippen LogP contribution in [-0.4, -0.2) is 6.54 Å². The van der Waals surface area contributed by atoms with Gasteiger partial charge in [0.05, 0.1) is 12.5 Å². The summed E-state index contributed by atoms with van der Waals surface area (Å²) in [5.41, 5.74) is 8.52. The van der Waals surface area contributed by atoms with Gasteiger partial charge in [0.25, 0.3) is 0 Å². The topological polar surface area (TPSA) is 61.8 Å². The third kappa shape index (κ3) is 2.68. The highest BCUT2D eigenvalue weighted by Gasteiger charge is 1.96. The van der Waals surface area contributed by atoms with Crippen LogP contribution in [0.5, 0.6) is 0 Å². The van der Waals surface area contributed by atoms with E-state index in [2.05, 4.69) is 11.4 Å². The van der Waals surface area contributed by atoms with E-state index in [4.69, 9.17) is 11.0 Å². The summed E-state index contributed by atoms with van der Waals surface area (Å²) < 4.78 is 0. The molecule has 0 spiro atoms. The zero-order valence-corrected chi connectivity index (χ0v) is 7.67. The lowest BCUT2D eigenvalue weighted by molar-refractivity contribution is 1.07. The fourth-order valence-corrected chi connectivity index (χ4v) is 1.08. The molecule has 0 aliphatic rings. The van der Waals surface area contributed by atoms with Crippen LogP contribution in [0.4, 0.5) is 11.4 Å². The van der Waals surface area contributed by atoms with Crippen LogP contribution >= 0.6 is 0 Å². The summed E-state index contributed by atoms with van der Waals surface area (Å²) in [6, 6.07) is 7.79. The lowest BCUT2D eigenvalue weighted by Crippen LogP contribution is -2.02. The molecule has 0 radical (unpaired) electrons. The van der Waals surface area contributed by atoms with Crippen LogP contribution in [-0.2, 0) is 0 Å². The average Bonchev–Trinajstić information content (AvgIpc) is 2.11. The van der Waals surface area contributed by atoms with Crippen molar-refractivity contribution in [3.8, 4) is 6.07 Å². The molecule has 0 saturated heterocycles. The summed E-state index contributed by atoms with van der Waals surface area (Å²) in [6.45, 7) is 2.68. The SMILES string of the molecule is Cc1ccc(N)cc1NCCC#N. The number of hydrogen-bond acceptors (Lipinski definition) is 3. The maximum Gasteiger partial charge on any atom is 0.0640 e. The van der Waals surface area contributed by atoms with Gasteiger partial charge in [0.2, 0.25) is 0 Å². The molecule has 0 fully saturated rings. The molecule has 0 aromatic heterocycles. The van der Waals surface area contributed by atoms with Crippen LogP contribution in [0.25, 0.3) is 0 Å². The molecule has 0 aliphatic carbocycles. The molecule has 1 rings (SSSR count). The number of nitrogen functional groups attached to an aromatic ring is 1. The number of nitrogens with zero attached hydrogens (tertiary/aromatic N) is 1. The first kappa shape index (κ1) is 9.40. The molecule has 13 heavy (non-hydrogen) atoms. The Bertz CT molecular complexity index is 325. The first-order valence-corrected chi connectivity index (χ1v) is 4.21. The summed E-state index contributed by atoms with van der Waals surface area (Å²) in [6.07, 6.45) is 0.508. The van der Waals surface area contributed by atoms with Crippen molar-refractivity contribution < 1.29 is 0 Å². The third-order valence-corrected chi connectivity index (χ3v) is 1.81. The standard InChI is InChI=1S/C10H13N3/c1-8-3-4-9(12)7-10(8)13-6-2-5-11/h3-4,7,13H,2,6,12H2,1H3. The number of aryl methyl sites for hydroxylation is 1. The predicted octanol–water partition coefficient (Wildman–Crippen LogP) is 1.90. The van der Waals surface area contributed by atoms with E-state index in [0.29, 0.717) is 13.0 Å². The number of nitrogens with one attached hydrogen (secondary N) is 1. The number of benzene rings is 1. The van der Waals surface area contributed by atoms with E-state index in [0.717, 1.165) is 16.9 Å². The van der Waals surface area contributed by atoms with Crippen molar-refractivity contribution in [1.82, 2.24) is 0 Å². The normalized spacial score (nSPS) is 9.23. The maximum absolute atomic E-state index is 8.35. The maximum atomic E-state index is 8.35. The number of hydrogen-bond donors (Lipinski definition) is 2. The van der Waals surface area contributed by atoms with Gasteiger partial charge in [-0.15, -0.1) is 0 Å². The lowest BCUT2D eigenvalue weighted by atomic mass is 10.2. The summed E-state index contributed by atoms with van der Waals surface area (Å²) in [5.74, 6) is 0. The van der Waals surface area contributed by atoms with E-state index in [9.17, 15) is 0 Å². The van der Waals surface area contributed by atoms with Crippen LogP contribution in [0.2, 0.25) is 0 Å². The smallest absolute Gasteiger partial charge is 0.0640 e. The molecule has 3 N–H and O–H groups in total. The highest BCUT2D eigenvalue weighted by Crippen LogP contribution is 2.17. The Kier molecular flexibility index (Phi) is 3.15. The summed E-state index contributed by atoms with van der Waals surface area (Å²) in [7, 11) is 0. The second-order valence-corrected chi connectivity index (χ2v) is 2.91. The van der Waals surface area contributed by atoms with Gasteiger partial charge in [-0.2, -0.15) is 5.26 Å². The molecule has 3 heteroatoms. The van der Waals surface area contributed by atoms with Crippen LogP contribution in [0.3, 0.4) is 0 Å². The van der Waals surface area contributed by atoms with Gasteiger partial charge in [0.15, 0.2) is 0 Å². The molecule has 0 saturated carbocycles. The van der Waals surface area contributed by atoms with Crippen molar-refractivity contribution in [2.24, 2.45) is 0 Å². The molecule has 0 amide bonds. The molecular formula is C10H13N3. The second kappa shape index (κ2) is 4.36. The number of nitriles is 1. The van der Waals surface area contributed by atoms with Gasteiger partial charge in [-0.1, -0.05) is 6.07 Å². The minimum Gasteiger partial charge on any atom is -0.399 e. The molecule has 0 unspecified atom stereocenters. The summed E-state index contributed by atoms with van der Waals surface area (Å²) in [5, 5.41) is 11.5. The monoisotopic (exact) mass is 175 g/mol. The van der Waals surface area contributed by atoms with Crippen molar-refractivity contribution in [1.29, 1.82) is 5.26 Å². The van der Waals surface area contributed by atoms with Gasteiger partial charge in [0.1, 0.15) is 0 Å². The third-order valence-electron chi connectivity index (χ3n) is 1.81. The largest absolute Gasteiger partial charge is 0.399 e. The quantitative estimate of drug-likeness (QED) is 0.544. The predicted molar refractivity (Wildman–Crippen MR) is 54.3 cm³/mol. The van der Waals surface area contributed by atoms with Gasteiger partial charge < -0.3 is 11.1 Å². The minimum absolute atomic E-state index is 0.508. The first-order valence-electron chi connectivity index (χ1n) is 4.21. The van der Waals surface area contributed by atoms with E-state index in [-0.39, 0.29) is 0 Å². The van der Waals surface area contributed by atoms with Gasteiger partial charge >= 0.3 is 0 Å². The Morgan fingerprint density at radius 1 is 1.54 bits per heavy atom. The van der Waals surface area contributed by atoms with Gasteiger partial charge in [0, 0.05) is 17.9 Å². The Hall–Kier alpha value is -1.69. The van der Waals surface area contributed by atoms with Crippen LogP contribution in [0, 0.1) is 18.3 Å². The Morgan fingerprint density at radius 2 is 2.31 bits per heavy atom. The number of anilines is 2. The molecule has 0 bridgehead atoms. The van der Waals surface area contributed by atoms with Crippen molar-refractivity contribution >= 4 is 11.4 Å². The average molecular weight is 175 g/mol. The molecule has 1 aromatic carbocycles. The van der Waals surface area contributed by atoms with Crippen LogP contribution in [0.1, 0.15) is 12.0 Å². The first-order chi connectivity index (χ1) is 6.24. The lowest BCUT2D eigenvalue weighted by Gasteiger charge is -2.08. The van der Waals surface area contributed by atoms with Crippen molar-refractivity contribution in [2.45, 2.75) is 13.3 Å². The Morgan fingerprint density at radius 3 is 3.00 bits per heavy atom. The fourth-order valence-electron chi connectivity index (χ4n) is 1.08. The van der Waals surface area contributed by atoms with Crippen LogP contribution < -0.4 is 11.1 Å². The van der Waals surface area contributed by atoms with Crippen molar-refractivity contribution in [3.63, 3.8) is 0 Å². The zero-order valence-electron chi connectivity index (χ0n) is 7.67. The van der Waals surface area contributed by atoms with Crippen molar-refractivity contribution in [2.75, 3.05) is 17.6 Å². The minimum atomic E-state index is 0.508. The van der Waals surface area contributed by atoms with Gasteiger partial charge in [-0.05, 0) is 24.6 Å². The molecule has 1 aromatic rings. The van der Waals surface area contributed by atoms with Gasteiger partial charge in [-0.25, -0.2) is 0 Å². The summed E-state index contributed by atoms with van der Waals surface area (Å²) in [4.78, 5) is 0. The van der Waals surface area contributed by atoms with E-state index in [1.165, 1.54) is 0 Å². The molecule has 0 atom stereocenters. The van der Waals surface area contributed by atoms with Crippen LogP contribution in [0.15, 0.2) is 18.2 Å². The number of nitrogens with two attached hydrogens (primary N) is 1. The van der Waals surface area contributed by atoms with Crippen molar-refractivity contribution in [3.05, 3.63) is 23.8 Å². The van der Waals surface area contributed by atoms with E-state index < -0.39 is 0 Å². The number of rotatable bonds is 3. The summed E-state index contributed by atoms with van der Waals surface area (Å²) >= 11 is 0. The molecule has 68 valence electrons. The molecule has 0 aliphatic heterocycles. The Balaban J connectivity index is 2.65. The molecular weight excluding hydrogens is 162 g/mol. The van der Waals surface area contributed by atoms with E-state index in [1.807, 2.05) is 25.1 Å².